The van der Waals surface area contributed by atoms with Crippen molar-refractivity contribution in [2.45, 2.75) is 32.0 Å². The lowest BCUT2D eigenvalue weighted by molar-refractivity contribution is -0.132. The third kappa shape index (κ3) is 4.74. The molecule has 2 unspecified atom stereocenters. The zero-order valence-corrected chi connectivity index (χ0v) is 18.6. The minimum absolute atomic E-state index is 0.00375. The smallest absolute Gasteiger partial charge is 0.237 e. The van der Waals surface area contributed by atoms with Gasteiger partial charge in [0.05, 0.1) is 24.6 Å². The van der Waals surface area contributed by atoms with E-state index in [2.05, 4.69) is 36.5 Å². The Kier molecular flexibility index (Phi) is 6.22. The van der Waals surface area contributed by atoms with Gasteiger partial charge in [-0.3, -0.25) is 4.79 Å². The Morgan fingerprint density at radius 3 is 2.70 bits per heavy atom. The van der Waals surface area contributed by atoms with Crippen LogP contribution in [0.4, 0.5) is 0 Å². The highest BCUT2D eigenvalue weighted by atomic mass is 32.2. The van der Waals surface area contributed by atoms with Crippen LogP contribution in [0.3, 0.4) is 0 Å². The van der Waals surface area contributed by atoms with E-state index < -0.39 is 9.84 Å². The highest BCUT2D eigenvalue weighted by Crippen LogP contribution is 2.25. The van der Waals surface area contributed by atoms with Gasteiger partial charge in [-0.25, -0.2) is 8.42 Å². The summed E-state index contributed by atoms with van der Waals surface area (Å²) in [4.78, 5) is 16.0. The molecule has 2 aromatic carbocycles. The first-order chi connectivity index (χ1) is 14.4. The van der Waals surface area contributed by atoms with E-state index in [1.165, 1.54) is 10.8 Å². The van der Waals surface area contributed by atoms with Crippen molar-refractivity contribution in [3.05, 3.63) is 70.4 Å². The maximum Gasteiger partial charge on any atom is 0.237 e. The summed E-state index contributed by atoms with van der Waals surface area (Å²) in [5, 5.41) is 7.68. The Labute approximate surface area is 181 Å². The average molecular weight is 443 g/mol. The van der Waals surface area contributed by atoms with Gasteiger partial charge in [0.1, 0.15) is 0 Å². The number of benzene rings is 2. The van der Waals surface area contributed by atoms with Crippen molar-refractivity contribution in [3.63, 3.8) is 0 Å². The first-order valence-corrected chi connectivity index (χ1v) is 12.9. The van der Waals surface area contributed by atoms with Crippen LogP contribution in [-0.4, -0.2) is 43.3 Å². The molecule has 1 aliphatic heterocycles. The molecule has 3 aromatic rings. The molecule has 0 spiro atoms. The van der Waals surface area contributed by atoms with Gasteiger partial charge in [0.15, 0.2) is 9.84 Å². The molecule has 7 heteroatoms. The van der Waals surface area contributed by atoms with Gasteiger partial charge in [0, 0.05) is 17.0 Å². The number of sulfone groups is 1. The number of carbonyl (C=O) groups is 1. The van der Waals surface area contributed by atoms with E-state index in [4.69, 9.17) is 0 Å². The Bertz CT molecular complexity index is 1120. The van der Waals surface area contributed by atoms with Gasteiger partial charge in [-0.15, -0.1) is 11.3 Å². The number of nitrogens with one attached hydrogen (secondary N) is 1. The average Bonchev–Trinajstić information content (AvgIpc) is 3.38. The van der Waals surface area contributed by atoms with Gasteiger partial charge < -0.3 is 10.2 Å². The fourth-order valence-corrected chi connectivity index (χ4v) is 6.53. The van der Waals surface area contributed by atoms with Crippen molar-refractivity contribution >= 4 is 37.9 Å². The zero-order chi connectivity index (χ0) is 21.1. The first-order valence-electron chi connectivity index (χ1n) is 10.2. The van der Waals surface area contributed by atoms with Crippen molar-refractivity contribution in [2.75, 3.05) is 18.1 Å². The Morgan fingerprint density at radius 1 is 1.17 bits per heavy atom. The molecule has 4 rings (SSSR count). The molecule has 1 amide bonds. The second-order valence-corrected chi connectivity index (χ2v) is 11.1. The molecule has 30 heavy (non-hydrogen) atoms. The van der Waals surface area contributed by atoms with Crippen molar-refractivity contribution in [2.24, 2.45) is 0 Å². The molecule has 1 fully saturated rings. The number of thiophene rings is 1. The number of hydrogen-bond donors (Lipinski definition) is 1. The maximum atomic E-state index is 13.1. The van der Waals surface area contributed by atoms with Crippen molar-refractivity contribution in [3.8, 4) is 0 Å². The van der Waals surface area contributed by atoms with Crippen LogP contribution in [0.25, 0.3) is 10.8 Å². The van der Waals surface area contributed by atoms with Crippen LogP contribution in [-0.2, 0) is 21.2 Å². The van der Waals surface area contributed by atoms with Crippen LogP contribution < -0.4 is 5.32 Å². The van der Waals surface area contributed by atoms with Crippen molar-refractivity contribution in [1.29, 1.82) is 0 Å². The van der Waals surface area contributed by atoms with Crippen molar-refractivity contribution in [1.82, 2.24) is 10.2 Å². The minimum Gasteiger partial charge on any atom is -0.332 e. The predicted octanol–water partition coefficient (Wildman–Crippen LogP) is 3.77. The monoisotopic (exact) mass is 442 g/mol. The SMILES string of the molecule is CC(NCC(=O)N(Cc1cccs1)C1CCS(=O)(=O)C1)c1cccc2ccccc12. The second kappa shape index (κ2) is 8.88. The Morgan fingerprint density at radius 2 is 1.97 bits per heavy atom. The number of carbonyl (C=O) groups excluding carboxylic acids is 1. The summed E-state index contributed by atoms with van der Waals surface area (Å²) in [5.74, 6) is 0.159. The normalized spacial score (nSPS) is 19.0. The van der Waals surface area contributed by atoms with Crippen LogP contribution in [0, 0.1) is 0 Å². The fraction of sp³-hybridized carbons (Fsp3) is 0.348. The molecule has 2 heterocycles. The number of amides is 1. The Balaban J connectivity index is 1.48. The highest BCUT2D eigenvalue weighted by molar-refractivity contribution is 7.91. The molecule has 0 radical (unpaired) electrons. The number of rotatable bonds is 7. The first kappa shape index (κ1) is 21.0. The summed E-state index contributed by atoms with van der Waals surface area (Å²) >= 11 is 1.59. The van der Waals surface area contributed by atoms with Crippen LogP contribution in [0.5, 0.6) is 0 Å². The molecular weight excluding hydrogens is 416 g/mol. The molecule has 0 saturated carbocycles. The minimum atomic E-state index is -3.06. The summed E-state index contributed by atoms with van der Waals surface area (Å²) in [7, 11) is -3.06. The molecule has 1 saturated heterocycles. The predicted molar refractivity (Wildman–Crippen MR) is 122 cm³/mol. The number of nitrogens with zero attached hydrogens (tertiary/aromatic N) is 1. The molecule has 5 nitrogen and oxygen atoms in total. The van der Waals surface area contributed by atoms with Crippen LogP contribution in [0.2, 0.25) is 0 Å². The van der Waals surface area contributed by atoms with Crippen LogP contribution >= 0.6 is 11.3 Å². The lowest BCUT2D eigenvalue weighted by Gasteiger charge is -2.29. The molecule has 0 bridgehead atoms. The van der Waals surface area contributed by atoms with E-state index in [-0.39, 0.29) is 36.0 Å². The standard InChI is InChI=1S/C23H26N2O3S2/c1-17(21-10-4-7-18-6-2-3-9-22(18)21)24-14-23(26)25(15-20-8-5-12-29-20)19-11-13-30(27,28)16-19/h2-10,12,17,19,24H,11,13-16H2,1H3. The molecule has 0 aliphatic carbocycles. The van der Waals surface area contributed by atoms with Gasteiger partial charge in [-0.1, -0.05) is 48.5 Å². The van der Waals surface area contributed by atoms with Crippen LogP contribution in [0.15, 0.2) is 60.0 Å². The second-order valence-electron chi connectivity index (χ2n) is 7.83. The molecule has 1 aromatic heterocycles. The van der Waals surface area contributed by atoms with E-state index in [9.17, 15) is 13.2 Å². The van der Waals surface area contributed by atoms with E-state index in [1.807, 2.05) is 35.7 Å². The summed E-state index contributed by atoms with van der Waals surface area (Å²) in [5.41, 5.74) is 1.15. The Hall–Kier alpha value is -2.22. The van der Waals surface area contributed by atoms with Gasteiger partial charge in [-0.05, 0) is 41.1 Å². The van der Waals surface area contributed by atoms with E-state index in [0.29, 0.717) is 13.0 Å². The summed E-state index contributed by atoms with van der Waals surface area (Å²) in [6.45, 7) is 2.69. The fourth-order valence-electron chi connectivity index (χ4n) is 4.09. The summed E-state index contributed by atoms with van der Waals surface area (Å²) < 4.78 is 24.0. The topological polar surface area (TPSA) is 66.5 Å². The van der Waals surface area contributed by atoms with E-state index >= 15 is 0 Å². The molecule has 2 atom stereocenters. The largest absolute Gasteiger partial charge is 0.332 e. The quantitative estimate of drug-likeness (QED) is 0.605. The van der Waals surface area contributed by atoms with Gasteiger partial charge in [-0.2, -0.15) is 0 Å². The van der Waals surface area contributed by atoms with Gasteiger partial charge in [0.2, 0.25) is 5.91 Å². The molecule has 1 aliphatic rings. The lowest BCUT2D eigenvalue weighted by atomic mass is 10.00. The molecule has 158 valence electrons. The number of fused-ring (bicyclic) bond motifs is 1. The highest BCUT2D eigenvalue weighted by Gasteiger charge is 2.34. The summed E-state index contributed by atoms with van der Waals surface area (Å²) in [6, 6.07) is 18.1. The lowest BCUT2D eigenvalue weighted by Crippen LogP contribution is -2.45. The molecule has 1 N–H and O–H groups in total. The van der Waals surface area contributed by atoms with Crippen molar-refractivity contribution < 1.29 is 13.2 Å². The third-order valence-electron chi connectivity index (χ3n) is 5.73. The van der Waals surface area contributed by atoms with Gasteiger partial charge in [0.25, 0.3) is 0 Å². The van der Waals surface area contributed by atoms with E-state index in [0.717, 1.165) is 10.4 Å². The zero-order valence-electron chi connectivity index (χ0n) is 17.0. The summed E-state index contributed by atoms with van der Waals surface area (Å²) in [6.07, 6.45) is 0.512. The maximum absolute atomic E-state index is 13.1. The van der Waals surface area contributed by atoms with Gasteiger partial charge >= 0.3 is 0 Å². The molecular formula is C23H26N2O3S2. The number of hydrogen-bond acceptors (Lipinski definition) is 5. The van der Waals surface area contributed by atoms with E-state index in [1.54, 1.807) is 16.2 Å². The third-order valence-corrected chi connectivity index (χ3v) is 8.34. The van der Waals surface area contributed by atoms with Crippen LogP contribution in [0.1, 0.15) is 29.8 Å².